The number of carbonyl (C=O) groups is 2. The Labute approximate surface area is 207 Å². The van der Waals surface area contributed by atoms with E-state index in [0.29, 0.717) is 40.0 Å². The van der Waals surface area contributed by atoms with Gasteiger partial charge in [-0.05, 0) is 37.5 Å². The highest BCUT2D eigenvalue weighted by Crippen LogP contribution is 2.42. The van der Waals surface area contributed by atoms with Crippen LogP contribution in [0.2, 0.25) is 0 Å². The number of aryl methyl sites for hydroxylation is 1. The summed E-state index contributed by atoms with van der Waals surface area (Å²) in [6.45, 7) is 2.71. The number of rotatable bonds is 7. The first-order valence-corrected chi connectivity index (χ1v) is 12.4. The number of nitrogens with zero attached hydrogens (tertiary/aromatic N) is 2. The average Bonchev–Trinajstić information content (AvgIpc) is 3.60. The number of methoxy groups -OCH3 is 1. The molecule has 1 fully saturated rings. The lowest BCUT2D eigenvalue weighted by Crippen LogP contribution is -2.37. The summed E-state index contributed by atoms with van der Waals surface area (Å²) in [5.74, 6) is -0.877. The lowest BCUT2D eigenvalue weighted by atomic mass is 9.94. The van der Waals surface area contributed by atoms with E-state index < -0.39 is 23.5 Å². The molecule has 1 N–H and O–H groups in total. The molecule has 2 aliphatic rings. The molecule has 3 heterocycles. The SMILES string of the molecule is COc1cccc(C2C(C(=O)c3sc(-c4ccccc4)nc3C)=C(O)C(=O)N2CC2CCCO2)c1. The Kier molecular flexibility index (Phi) is 6.40. The van der Waals surface area contributed by atoms with Crippen LogP contribution in [0.15, 0.2) is 65.9 Å². The van der Waals surface area contributed by atoms with Crippen LogP contribution >= 0.6 is 11.3 Å². The normalized spacial score (nSPS) is 20.1. The summed E-state index contributed by atoms with van der Waals surface area (Å²) in [6.07, 6.45) is 1.61. The van der Waals surface area contributed by atoms with Crippen LogP contribution in [0.25, 0.3) is 10.6 Å². The third kappa shape index (κ3) is 4.35. The summed E-state index contributed by atoms with van der Waals surface area (Å²) < 4.78 is 11.2. The molecule has 0 bridgehead atoms. The van der Waals surface area contributed by atoms with Crippen molar-refractivity contribution in [3.63, 3.8) is 0 Å². The maximum atomic E-state index is 13.9. The molecule has 35 heavy (non-hydrogen) atoms. The Balaban J connectivity index is 1.56. The Morgan fingerprint density at radius 3 is 2.74 bits per heavy atom. The quantitative estimate of drug-likeness (QED) is 0.475. The van der Waals surface area contributed by atoms with E-state index in [4.69, 9.17) is 9.47 Å². The predicted molar refractivity (Wildman–Crippen MR) is 133 cm³/mol. The fourth-order valence-corrected chi connectivity index (χ4v) is 5.70. The van der Waals surface area contributed by atoms with E-state index in [0.717, 1.165) is 18.4 Å². The highest BCUT2D eigenvalue weighted by atomic mass is 32.1. The summed E-state index contributed by atoms with van der Waals surface area (Å²) in [4.78, 5) is 33.7. The Morgan fingerprint density at radius 2 is 2.03 bits per heavy atom. The Hall–Kier alpha value is -3.49. The number of ether oxygens (including phenoxy) is 2. The third-order valence-electron chi connectivity index (χ3n) is 6.41. The van der Waals surface area contributed by atoms with Gasteiger partial charge in [-0.25, -0.2) is 4.98 Å². The van der Waals surface area contributed by atoms with Gasteiger partial charge in [0.1, 0.15) is 10.8 Å². The summed E-state index contributed by atoms with van der Waals surface area (Å²) in [7, 11) is 1.56. The zero-order valence-corrected chi connectivity index (χ0v) is 20.4. The second kappa shape index (κ2) is 9.64. The lowest BCUT2D eigenvalue weighted by Gasteiger charge is -2.29. The van der Waals surface area contributed by atoms with Gasteiger partial charge in [-0.2, -0.15) is 0 Å². The van der Waals surface area contributed by atoms with Crippen molar-refractivity contribution in [2.24, 2.45) is 0 Å². The lowest BCUT2D eigenvalue weighted by molar-refractivity contribution is -0.131. The zero-order valence-electron chi connectivity index (χ0n) is 19.6. The number of ketones is 1. The molecule has 2 aliphatic heterocycles. The molecule has 1 saturated heterocycles. The van der Waals surface area contributed by atoms with Gasteiger partial charge in [-0.1, -0.05) is 42.5 Å². The second-order valence-corrected chi connectivity index (χ2v) is 9.66. The number of hydrogen-bond acceptors (Lipinski definition) is 7. The first-order chi connectivity index (χ1) is 17.0. The van der Waals surface area contributed by atoms with E-state index in [9.17, 15) is 14.7 Å². The fraction of sp³-hybridized carbons (Fsp3) is 0.296. The molecule has 8 heteroatoms. The fourth-order valence-electron chi connectivity index (χ4n) is 4.67. The maximum Gasteiger partial charge on any atom is 0.290 e. The van der Waals surface area contributed by atoms with E-state index in [-0.39, 0.29) is 11.7 Å². The maximum absolute atomic E-state index is 13.9. The highest BCUT2D eigenvalue weighted by molar-refractivity contribution is 7.17. The van der Waals surface area contributed by atoms with Crippen LogP contribution in [0.1, 0.15) is 39.8 Å². The van der Waals surface area contributed by atoms with Gasteiger partial charge in [0.15, 0.2) is 5.76 Å². The standard InChI is InChI=1S/C27H26N2O5S/c1-16-25(35-26(28-16)17-8-4-3-5-9-17)23(30)21-22(18-10-6-11-19(14-18)33-2)29(27(32)24(21)31)15-20-12-7-13-34-20/h3-6,8-11,14,20,22,31H,7,12-13,15H2,1-2H3. The molecule has 1 aromatic heterocycles. The van der Waals surface area contributed by atoms with Crippen molar-refractivity contribution in [3.8, 4) is 16.3 Å². The number of benzene rings is 2. The molecule has 7 nitrogen and oxygen atoms in total. The molecule has 5 rings (SSSR count). The average molecular weight is 491 g/mol. The Bertz CT molecular complexity index is 1290. The molecule has 2 unspecified atom stereocenters. The summed E-state index contributed by atoms with van der Waals surface area (Å²) >= 11 is 1.26. The van der Waals surface area contributed by atoms with Gasteiger partial charge in [-0.3, -0.25) is 9.59 Å². The second-order valence-electron chi connectivity index (χ2n) is 8.66. The predicted octanol–water partition coefficient (Wildman–Crippen LogP) is 4.88. The van der Waals surface area contributed by atoms with Crippen molar-refractivity contribution in [1.29, 1.82) is 0 Å². The number of carbonyl (C=O) groups excluding carboxylic acids is 2. The van der Waals surface area contributed by atoms with E-state index in [2.05, 4.69) is 4.98 Å². The molecule has 0 spiro atoms. The van der Waals surface area contributed by atoms with Gasteiger partial charge in [0.05, 0.1) is 35.4 Å². The van der Waals surface area contributed by atoms with E-state index >= 15 is 0 Å². The van der Waals surface area contributed by atoms with Crippen LogP contribution in [0.5, 0.6) is 5.75 Å². The smallest absolute Gasteiger partial charge is 0.290 e. The van der Waals surface area contributed by atoms with Crippen molar-refractivity contribution in [1.82, 2.24) is 9.88 Å². The van der Waals surface area contributed by atoms with Crippen LogP contribution in [0, 0.1) is 6.92 Å². The number of aliphatic hydroxyl groups excluding tert-OH is 1. The Morgan fingerprint density at radius 1 is 1.23 bits per heavy atom. The number of hydrogen-bond donors (Lipinski definition) is 1. The minimum absolute atomic E-state index is 0.0626. The van der Waals surface area contributed by atoms with Crippen LogP contribution in [0.4, 0.5) is 0 Å². The number of amides is 1. The molecule has 2 aromatic carbocycles. The van der Waals surface area contributed by atoms with E-state index in [1.54, 1.807) is 31.1 Å². The van der Waals surface area contributed by atoms with Gasteiger partial charge in [0.25, 0.3) is 5.91 Å². The van der Waals surface area contributed by atoms with Crippen molar-refractivity contribution >= 4 is 23.0 Å². The van der Waals surface area contributed by atoms with Crippen molar-refractivity contribution < 1.29 is 24.2 Å². The van der Waals surface area contributed by atoms with Crippen LogP contribution in [0.3, 0.4) is 0 Å². The van der Waals surface area contributed by atoms with Gasteiger partial charge < -0.3 is 19.5 Å². The zero-order chi connectivity index (χ0) is 24.5. The molecule has 1 amide bonds. The van der Waals surface area contributed by atoms with Crippen molar-refractivity contribution in [3.05, 3.63) is 82.1 Å². The number of thiazole rings is 1. The van der Waals surface area contributed by atoms with E-state index in [1.807, 2.05) is 42.5 Å². The molecule has 2 atom stereocenters. The van der Waals surface area contributed by atoms with Crippen LogP contribution in [-0.4, -0.2) is 53.0 Å². The summed E-state index contributed by atoms with van der Waals surface area (Å²) in [5.41, 5.74) is 2.22. The minimum atomic E-state index is -0.754. The summed E-state index contributed by atoms with van der Waals surface area (Å²) in [5, 5.41) is 11.7. The topological polar surface area (TPSA) is 89.0 Å². The molecule has 0 radical (unpaired) electrons. The third-order valence-corrected chi connectivity index (χ3v) is 7.61. The monoisotopic (exact) mass is 490 g/mol. The first kappa shape index (κ1) is 23.3. The first-order valence-electron chi connectivity index (χ1n) is 11.5. The van der Waals surface area contributed by atoms with Gasteiger partial charge in [-0.15, -0.1) is 11.3 Å². The number of Topliss-reactive ketones (excluding diaryl/α,β-unsaturated/α-hetero) is 1. The highest BCUT2D eigenvalue weighted by Gasteiger charge is 2.45. The molecule has 0 aliphatic carbocycles. The van der Waals surface area contributed by atoms with Crippen molar-refractivity contribution in [2.75, 3.05) is 20.3 Å². The molecular formula is C27H26N2O5S. The molecular weight excluding hydrogens is 464 g/mol. The minimum Gasteiger partial charge on any atom is -0.503 e. The number of aliphatic hydroxyl groups is 1. The molecule has 0 saturated carbocycles. The van der Waals surface area contributed by atoms with Gasteiger partial charge in [0.2, 0.25) is 5.78 Å². The number of aromatic nitrogens is 1. The van der Waals surface area contributed by atoms with Crippen LogP contribution < -0.4 is 4.74 Å². The van der Waals surface area contributed by atoms with Crippen LogP contribution in [-0.2, 0) is 9.53 Å². The van der Waals surface area contributed by atoms with Gasteiger partial charge in [0, 0.05) is 18.7 Å². The van der Waals surface area contributed by atoms with E-state index in [1.165, 1.54) is 11.3 Å². The molecule has 180 valence electrons. The van der Waals surface area contributed by atoms with Gasteiger partial charge >= 0.3 is 0 Å². The van der Waals surface area contributed by atoms with Crippen molar-refractivity contribution in [2.45, 2.75) is 31.9 Å². The summed E-state index contributed by atoms with van der Waals surface area (Å²) in [6, 6.07) is 16.1. The largest absolute Gasteiger partial charge is 0.503 e. The molecule has 3 aromatic rings.